The molecule has 3 saturated heterocycles. The van der Waals surface area contributed by atoms with Gasteiger partial charge in [0.25, 0.3) is 0 Å². The highest BCUT2D eigenvalue weighted by molar-refractivity contribution is 5.77. The van der Waals surface area contributed by atoms with E-state index < -0.39 is 0 Å². The molecule has 0 saturated carbocycles. The number of likely N-dealkylation sites (tertiary alicyclic amines) is 2. The molecule has 8 nitrogen and oxygen atoms in total. The van der Waals surface area contributed by atoms with Crippen LogP contribution in [0.2, 0.25) is 0 Å². The van der Waals surface area contributed by atoms with Gasteiger partial charge in [-0.25, -0.2) is 9.78 Å². The molecule has 3 aliphatic rings. The zero-order chi connectivity index (χ0) is 18.7. The number of hydrogen-bond donors (Lipinski definition) is 1. The largest absolute Gasteiger partial charge is 0.378 e. The number of carbonyl (C=O) groups excluding carboxylic acids is 2. The van der Waals surface area contributed by atoms with Crippen molar-refractivity contribution in [3.8, 4) is 0 Å². The van der Waals surface area contributed by atoms with Gasteiger partial charge in [0.15, 0.2) is 0 Å². The van der Waals surface area contributed by atoms with E-state index in [2.05, 4.69) is 9.97 Å². The van der Waals surface area contributed by atoms with E-state index in [1.807, 2.05) is 20.9 Å². The molecule has 27 heavy (non-hydrogen) atoms. The van der Waals surface area contributed by atoms with Crippen LogP contribution in [-0.4, -0.2) is 89.1 Å². The summed E-state index contributed by atoms with van der Waals surface area (Å²) in [4.78, 5) is 38.4. The third-order valence-electron chi connectivity index (χ3n) is 6.17. The zero-order valence-corrected chi connectivity index (χ0v) is 15.9. The number of hydrogen-bond acceptors (Lipinski definition) is 4. The summed E-state index contributed by atoms with van der Waals surface area (Å²) in [6, 6.07) is 0.137. The number of H-pyrrole nitrogens is 1. The van der Waals surface area contributed by atoms with Gasteiger partial charge in [0.1, 0.15) is 0 Å². The SMILES string of the molecule is O=C1CC[C@@]2(CCCN(C(=O)N3CCOCC3)C2)CN1CCc1cnc[nH]1. The molecular formula is C19H29N5O3. The molecule has 1 aromatic rings. The van der Waals surface area contributed by atoms with Gasteiger partial charge >= 0.3 is 6.03 Å². The van der Waals surface area contributed by atoms with Crippen molar-refractivity contribution in [3.05, 3.63) is 18.2 Å². The average molecular weight is 375 g/mol. The Morgan fingerprint density at radius 2 is 2.04 bits per heavy atom. The highest BCUT2D eigenvalue weighted by atomic mass is 16.5. The fraction of sp³-hybridized carbons (Fsp3) is 0.737. The van der Waals surface area contributed by atoms with E-state index in [4.69, 9.17) is 4.74 Å². The molecule has 0 aromatic carbocycles. The number of aromatic amines is 1. The lowest BCUT2D eigenvalue weighted by Crippen LogP contribution is -2.58. The lowest BCUT2D eigenvalue weighted by Gasteiger charge is -2.49. The minimum Gasteiger partial charge on any atom is -0.378 e. The molecule has 1 atom stereocenters. The van der Waals surface area contributed by atoms with Gasteiger partial charge in [-0.05, 0) is 19.3 Å². The quantitative estimate of drug-likeness (QED) is 0.858. The minimum atomic E-state index is 0.0437. The van der Waals surface area contributed by atoms with Gasteiger partial charge in [-0.2, -0.15) is 0 Å². The van der Waals surface area contributed by atoms with Crippen LogP contribution in [0.5, 0.6) is 0 Å². The van der Waals surface area contributed by atoms with E-state index in [9.17, 15) is 9.59 Å². The molecule has 0 bridgehead atoms. The zero-order valence-electron chi connectivity index (χ0n) is 15.9. The molecule has 8 heteroatoms. The molecule has 3 amide bonds. The Hall–Kier alpha value is -2.09. The first-order chi connectivity index (χ1) is 13.2. The van der Waals surface area contributed by atoms with Crippen LogP contribution < -0.4 is 0 Å². The molecule has 1 aromatic heterocycles. The highest BCUT2D eigenvalue weighted by Crippen LogP contribution is 2.39. The monoisotopic (exact) mass is 375 g/mol. The Labute approximate surface area is 159 Å². The second-order valence-electron chi connectivity index (χ2n) is 8.05. The van der Waals surface area contributed by atoms with Gasteiger partial charge in [0, 0.05) is 69.4 Å². The standard InChI is InChI=1S/C19H29N5O3/c25-17-2-5-19(13-23(17)7-3-16-12-20-15-21-16)4-1-6-24(14-19)18(26)22-8-10-27-11-9-22/h12,15H,1-11,13-14H2,(H,20,21)/t19-/m0/s1. The third kappa shape index (κ3) is 4.10. The number of aromatic nitrogens is 2. The van der Waals surface area contributed by atoms with Gasteiger partial charge in [0.2, 0.25) is 5.91 Å². The maximum atomic E-state index is 12.9. The van der Waals surface area contributed by atoms with Gasteiger partial charge in [-0.1, -0.05) is 0 Å². The Kier molecular flexibility index (Phi) is 5.33. The number of nitrogens with zero attached hydrogens (tertiary/aromatic N) is 4. The number of amides is 3. The Morgan fingerprint density at radius 1 is 1.19 bits per heavy atom. The van der Waals surface area contributed by atoms with Crippen LogP contribution in [0.25, 0.3) is 0 Å². The summed E-state index contributed by atoms with van der Waals surface area (Å²) in [7, 11) is 0. The molecule has 3 fully saturated rings. The van der Waals surface area contributed by atoms with Crippen LogP contribution in [-0.2, 0) is 16.0 Å². The molecule has 0 unspecified atom stereocenters. The van der Waals surface area contributed by atoms with Crippen LogP contribution in [0.1, 0.15) is 31.4 Å². The second kappa shape index (κ2) is 7.88. The summed E-state index contributed by atoms with van der Waals surface area (Å²) < 4.78 is 5.37. The van der Waals surface area contributed by atoms with Gasteiger partial charge < -0.3 is 24.4 Å². The number of rotatable bonds is 3. The van der Waals surface area contributed by atoms with Gasteiger partial charge in [0.05, 0.1) is 19.5 Å². The van der Waals surface area contributed by atoms with Crippen molar-refractivity contribution in [3.63, 3.8) is 0 Å². The molecule has 3 aliphatic heterocycles. The summed E-state index contributed by atoms with van der Waals surface area (Å²) in [6.45, 7) is 5.65. The van der Waals surface area contributed by atoms with E-state index in [1.165, 1.54) is 0 Å². The van der Waals surface area contributed by atoms with Crippen molar-refractivity contribution in [2.45, 2.75) is 32.1 Å². The molecule has 0 aliphatic carbocycles. The van der Waals surface area contributed by atoms with Gasteiger partial charge in [-0.3, -0.25) is 4.79 Å². The number of morpholine rings is 1. The number of imidazole rings is 1. The molecule has 0 radical (unpaired) electrons. The van der Waals surface area contributed by atoms with E-state index in [0.717, 1.165) is 51.0 Å². The minimum absolute atomic E-state index is 0.0437. The normalized spacial score (nSPS) is 26.7. The third-order valence-corrected chi connectivity index (χ3v) is 6.17. The van der Waals surface area contributed by atoms with E-state index >= 15 is 0 Å². The topological polar surface area (TPSA) is 81.8 Å². The van der Waals surface area contributed by atoms with Crippen LogP contribution in [0.15, 0.2) is 12.5 Å². The van der Waals surface area contributed by atoms with E-state index in [0.29, 0.717) is 39.3 Å². The number of nitrogens with one attached hydrogen (secondary N) is 1. The van der Waals surface area contributed by atoms with Gasteiger partial charge in [-0.15, -0.1) is 0 Å². The average Bonchev–Trinajstić information content (AvgIpc) is 3.23. The smallest absolute Gasteiger partial charge is 0.320 e. The van der Waals surface area contributed by atoms with Crippen molar-refractivity contribution in [1.82, 2.24) is 24.7 Å². The summed E-state index contributed by atoms with van der Waals surface area (Å²) in [5.41, 5.74) is 1.09. The Bertz CT molecular complexity index is 658. The molecular weight excluding hydrogens is 346 g/mol. The predicted molar refractivity (Wildman–Crippen MR) is 99.1 cm³/mol. The molecule has 4 heterocycles. The van der Waals surface area contributed by atoms with Crippen LogP contribution in [0, 0.1) is 5.41 Å². The van der Waals surface area contributed by atoms with Crippen molar-refractivity contribution >= 4 is 11.9 Å². The Balaban J connectivity index is 1.38. The second-order valence-corrected chi connectivity index (χ2v) is 8.05. The van der Waals surface area contributed by atoms with E-state index in [-0.39, 0.29) is 17.4 Å². The fourth-order valence-electron chi connectivity index (χ4n) is 4.64. The number of ether oxygens (including phenoxy) is 1. The van der Waals surface area contributed by atoms with Crippen LogP contribution >= 0.6 is 0 Å². The predicted octanol–water partition coefficient (Wildman–Crippen LogP) is 1.11. The molecule has 1 N–H and O–H groups in total. The number of piperidine rings is 2. The summed E-state index contributed by atoms with van der Waals surface area (Å²) in [6.07, 6.45) is 7.85. The van der Waals surface area contributed by atoms with Crippen molar-refractivity contribution < 1.29 is 14.3 Å². The van der Waals surface area contributed by atoms with E-state index in [1.54, 1.807) is 6.33 Å². The summed E-state index contributed by atoms with van der Waals surface area (Å²) in [5.74, 6) is 0.233. The first-order valence-electron chi connectivity index (χ1n) is 10.0. The van der Waals surface area contributed by atoms with Crippen molar-refractivity contribution in [1.29, 1.82) is 0 Å². The van der Waals surface area contributed by atoms with Crippen molar-refractivity contribution in [2.75, 3.05) is 52.5 Å². The van der Waals surface area contributed by atoms with Crippen LogP contribution in [0.4, 0.5) is 4.79 Å². The number of urea groups is 1. The Morgan fingerprint density at radius 3 is 2.81 bits per heavy atom. The lowest BCUT2D eigenvalue weighted by molar-refractivity contribution is -0.139. The summed E-state index contributed by atoms with van der Waals surface area (Å²) in [5, 5.41) is 0. The van der Waals surface area contributed by atoms with Crippen molar-refractivity contribution in [2.24, 2.45) is 5.41 Å². The first kappa shape index (κ1) is 18.3. The highest BCUT2D eigenvalue weighted by Gasteiger charge is 2.43. The maximum Gasteiger partial charge on any atom is 0.320 e. The number of carbonyl (C=O) groups is 2. The maximum absolute atomic E-state index is 12.9. The van der Waals surface area contributed by atoms with Crippen LogP contribution in [0.3, 0.4) is 0 Å². The first-order valence-corrected chi connectivity index (χ1v) is 10.0. The molecule has 1 spiro atoms. The fourth-order valence-corrected chi connectivity index (χ4v) is 4.64. The molecule has 148 valence electrons. The summed E-state index contributed by atoms with van der Waals surface area (Å²) >= 11 is 0. The molecule has 4 rings (SSSR count). The lowest BCUT2D eigenvalue weighted by atomic mass is 9.73.